The van der Waals surface area contributed by atoms with Gasteiger partial charge in [-0.1, -0.05) is 34.1 Å². The second kappa shape index (κ2) is 6.66. The van der Waals surface area contributed by atoms with Crippen LogP contribution in [-0.4, -0.2) is 5.91 Å². The van der Waals surface area contributed by atoms with Gasteiger partial charge in [0, 0.05) is 10.0 Å². The molecule has 0 heterocycles. The summed E-state index contributed by atoms with van der Waals surface area (Å²) in [6.45, 7) is 2.04. The van der Waals surface area contributed by atoms with Crippen LogP contribution in [0.25, 0.3) is 0 Å². The van der Waals surface area contributed by atoms with E-state index in [-0.39, 0.29) is 11.9 Å². The normalized spacial score (nSPS) is 15.0. The molecular weight excluding hydrogens is 338 g/mol. The van der Waals surface area contributed by atoms with Gasteiger partial charge in [-0.2, -0.15) is 0 Å². The number of amides is 1. The molecule has 1 amide bonds. The van der Waals surface area contributed by atoms with Crippen molar-refractivity contribution in [2.75, 3.05) is 0 Å². The van der Waals surface area contributed by atoms with Crippen molar-refractivity contribution in [3.05, 3.63) is 69.2 Å². The molecule has 22 heavy (non-hydrogen) atoms. The van der Waals surface area contributed by atoms with Gasteiger partial charge in [0.25, 0.3) is 5.91 Å². The summed E-state index contributed by atoms with van der Waals surface area (Å²) in [5.74, 6) is -0.0299. The number of carbonyl (C=O) groups excluding carboxylic acids is 1. The molecular formula is C19H20BrNO. The average Bonchev–Trinajstić information content (AvgIpc) is 2.55. The molecule has 2 aromatic carbocycles. The maximum Gasteiger partial charge on any atom is 0.251 e. The number of nitrogens with one attached hydrogen (secondary N) is 1. The Morgan fingerprint density at radius 1 is 1.05 bits per heavy atom. The van der Waals surface area contributed by atoms with Gasteiger partial charge in [-0.25, -0.2) is 0 Å². The van der Waals surface area contributed by atoms with Crippen LogP contribution in [0.15, 0.2) is 46.9 Å². The van der Waals surface area contributed by atoms with E-state index in [9.17, 15) is 4.79 Å². The minimum absolute atomic E-state index is 0.0170. The zero-order valence-electron chi connectivity index (χ0n) is 12.7. The summed E-state index contributed by atoms with van der Waals surface area (Å²) < 4.78 is 0.979. The van der Waals surface area contributed by atoms with E-state index in [1.807, 2.05) is 31.2 Å². The van der Waals surface area contributed by atoms with Crippen molar-refractivity contribution in [1.82, 2.24) is 5.32 Å². The van der Waals surface area contributed by atoms with Gasteiger partial charge >= 0.3 is 0 Å². The molecule has 0 fully saturated rings. The van der Waals surface area contributed by atoms with Gasteiger partial charge < -0.3 is 5.32 Å². The van der Waals surface area contributed by atoms with Gasteiger partial charge in [0.1, 0.15) is 0 Å². The Labute approximate surface area is 140 Å². The number of halogens is 1. The summed E-state index contributed by atoms with van der Waals surface area (Å²) in [7, 11) is 0. The highest BCUT2D eigenvalue weighted by Crippen LogP contribution is 2.25. The minimum atomic E-state index is -0.0299. The van der Waals surface area contributed by atoms with Gasteiger partial charge in [0.05, 0.1) is 6.04 Å². The summed E-state index contributed by atoms with van der Waals surface area (Å²) in [6.07, 6.45) is 4.92. The molecule has 3 rings (SSSR count). The van der Waals surface area contributed by atoms with Crippen LogP contribution in [0.3, 0.4) is 0 Å². The third-order valence-electron chi connectivity index (χ3n) is 4.33. The van der Waals surface area contributed by atoms with Gasteiger partial charge in [-0.15, -0.1) is 0 Å². The zero-order chi connectivity index (χ0) is 15.5. The molecule has 0 saturated heterocycles. The lowest BCUT2D eigenvalue weighted by Gasteiger charge is -2.20. The van der Waals surface area contributed by atoms with E-state index < -0.39 is 0 Å². The highest BCUT2D eigenvalue weighted by molar-refractivity contribution is 9.10. The minimum Gasteiger partial charge on any atom is -0.346 e. The molecule has 1 atom stereocenters. The van der Waals surface area contributed by atoms with Crippen molar-refractivity contribution >= 4 is 21.8 Å². The molecule has 2 nitrogen and oxygen atoms in total. The van der Waals surface area contributed by atoms with E-state index in [0.717, 1.165) is 10.9 Å². The predicted octanol–water partition coefficient (Wildman–Crippen LogP) is 4.82. The lowest BCUT2D eigenvalue weighted by atomic mass is 9.89. The van der Waals surface area contributed by atoms with Crippen molar-refractivity contribution in [2.45, 2.75) is 38.6 Å². The van der Waals surface area contributed by atoms with E-state index in [1.54, 1.807) is 0 Å². The van der Waals surface area contributed by atoms with E-state index in [1.165, 1.54) is 36.0 Å². The smallest absolute Gasteiger partial charge is 0.251 e. The Morgan fingerprint density at radius 2 is 1.73 bits per heavy atom. The fourth-order valence-corrected chi connectivity index (χ4v) is 3.25. The number of aryl methyl sites for hydroxylation is 2. The van der Waals surface area contributed by atoms with Gasteiger partial charge in [-0.3, -0.25) is 4.79 Å². The molecule has 0 aromatic heterocycles. The quantitative estimate of drug-likeness (QED) is 0.838. The lowest BCUT2D eigenvalue weighted by Crippen LogP contribution is -2.26. The topological polar surface area (TPSA) is 29.1 Å². The molecule has 0 spiro atoms. The summed E-state index contributed by atoms with van der Waals surface area (Å²) in [4.78, 5) is 12.3. The first kappa shape index (κ1) is 15.3. The van der Waals surface area contributed by atoms with Gasteiger partial charge in [-0.05, 0) is 73.6 Å². The lowest BCUT2D eigenvalue weighted by molar-refractivity contribution is 0.0940. The number of carbonyl (C=O) groups is 1. The van der Waals surface area contributed by atoms with Crippen molar-refractivity contribution in [3.63, 3.8) is 0 Å². The maximum atomic E-state index is 12.3. The first-order chi connectivity index (χ1) is 10.6. The third kappa shape index (κ3) is 3.41. The molecule has 0 aliphatic heterocycles. The van der Waals surface area contributed by atoms with Crippen LogP contribution < -0.4 is 5.32 Å². The highest BCUT2D eigenvalue weighted by Gasteiger charge is 2.14. The SMILES string of the molecule is C[C@H](NC(=O)c1ccc(Br)cc1)c1ccc2c(c1)CCCC2. The molecule has 114 valence electrons. The molecule has 1 aliphatic rings. The van der Waals surface area contributed by atoms with Crippen LogP contribution in [0.5, 0.6) is 0 Å². The fraction of sp³-hybridized carbons (Fsp3) is 0.316. The Hall–Kier alpha value is -1.61. The second-order valence-electron chi connectivity index (χ2n) is 5.94. The van der Waals surface area contributed by atoms with Gasteiger partial charge in [0.2, 0.25) is 0 Å². The number of fused-ring (bicyclic) bond motifs is 1. The number of benzene rings is 2. The van der Waals surface area contributed by atoms with Crippen LogP contribution >= 0.6 is 15.9 Å². The van der Waals surface area contributed by atoms with Crippen LogP contribution in [0, 0.1) is 0 Å². The molecule has 0 unspecified atom stereocenters. The van der Waals surface area contributed by atoms with E-state index in [0.29, 0.717) is 5.56 Å². The van der Waals surface area contributed by atoms with Crippen molar-refractivity contribution < 1.29 is 4.79 Å². The van der Waals surface area contributed by atoms with E-state index in [4.69, 9.17) is 0 Å². The van der Waals surface area contributed by atoms with Crippen molar-refractivity contribution in [1.29, 1.82) is 0 Å². The Morgan fingerprint density at radius 3 is 2.45 bits per heavy atom. The molecule has 0 radical (unpaired) electrons. The Bertz CT molecular complexity index is 678. The first-order valence-electron chi connectivity index (χ1n) is 7.81. The molecule has 0 saturated carbocycles. The zero-order valence-corrected chi connectivity index (χ0v) is 14.3. The molecule has 3 heteroatoms. The van der Waals surface area contributed by atoms with Crippen LogP contribution in [0.1, 0.15) is 52.9 Å². The average molecular weight is 358 g/mol. The number of rotatable bonds is 3. The largest absolute Gasteiger partial charge is 0.346 e. The summed E-state index contributed by atoms with van der Waals surface area (Å²) in [6, 6.07) is 14.1. The monoisotopic (exact) mass is 357 g/mol. The van der Waals surface area contributed by atoms with Crippen LogP contribution in [0.2, 0.25) is 0 Å². The molecule has 1 N–H and O–H groups in total. The molecule has 1 aliphatic carbocycles. The van der Waals surface area contributed by atoms with Crippen molar-refractivity contribution in [2.24, 2.45) is 0 Å². The molecule has 2 aromatic rings. The van der Waals surface area contributed by atoms with E-state index >= 15 is 0 Å². The van der Waals surface area contributed by atoms with E-state index in [2.05, 4.69) is 39.4 Å². The molecule has 0 bridgehead atoms. The first-order valence-corrected chi connectivity index (χ1v) is 8.61. The van der Waals surface area contributed by atoms with Gasteiger partial charge in [0.15, 0.2) is 0 Å². The van der Waals surface area contributed by atoms with Crippen LogP contribution in [-0.2, 0) is 12.8 Å². The summed E-state index contributed by atoms with van der Waals surface area (Å²) in [5, 5.41) is 3.08. The second-order valence-corrected chi connectivity index (χ2v) is 6.85. The van der Waals surface area contributed by atoms with Crippen molar-refractivity contribution in [3.8, 4) is 0 Å². The predicted molar refractivity (Wildman–Crippen MR) is 93.1 cm³/mol. The summed E-state index contributed by atoms with van der Waals surface area (Å²) >= 11 is 3.39. The highest BCUT2D eigenvalue weighted by atomic mass is 79.9. The number of hydrogen-bond acceptors (Lipinski definition) is 1. The maximum absolute atomic E-state index is 12.3. The third-order valence-corrected chi connectivity index (χ3v) is 4.86. The summed E-state index contributed by atoms with van der Waals surface area (Å²) in [5.41, 5.74) is 4.80. The standard InChI is InChI=1S/C19H20BrNO/c1-13(21-19(22)15-8-10-18(20)11-9-15)16-7-6-14-4-2-3-5-17(14)12-16/h6-13H,2-5H2,1H3,(H,21,22)/t13-/m0/s1. The Kier molecular flexibility index (Phi) is 4.63. The Balaban J connectivity index is 1.72. The number of hydrogen-bond donors (Lipinski definition) is 1. The fourth-order valence-electron chi connectivity index (χ4n) is 2.99. The van der Waals surface area contributed by atoms with Crippen LogP contribution in [0.4, 0.5) is 0 Å².